The van der Waals surface area contributed by atoms with Crippen molar-refractivity contribution in [3.8, 4) is 0 Å². The molecule has 1 rings (SSSR count). The molecule has 23 N–H and O–H groups in total. The average Bonchev–Trinajstić information content (AvgIpc) is 3.91. The number of aliphatic hydroxyl groups excluding tert-OH is 3. The molecule has 0 fully saturated rings. The summed E-state index contributed by atoms with van der Waals surface area (Å²) in [5, 5.41) is 72.4. The second-order valence-corrected chi connectivity index (χ2v) is 21.0. The van der Waals surface area contributed by atoms with Gasteiger partial charge in [0.25, 0.3) is 0 Å². The third kappa shape index (κ3) is 26.8. The summed E-state index contributed by atoms with van der Waals surface area (Å²) < 4.78 is 0. The number of amides is 9. The number of carboxylic acids is 2. The molecule has 0 aliphatic rings. The minimum absolute atomic E-state index is 0.0151. The number of hydrogen-bond donors (Lipinski definition) is 19. The summed E-state index contributed by atoms with van der Waals surface area (Å²) in [6.45, 7) is 11.5. The first-order chi connectivity index (χ1) is 38.3. The third-order valence-electron chi connectivity index (χ3n) is 12.4. The summed E-state index contributed by atoms with van der Waals surface area (Å²) in [5.74, 6) is -13.4. The number of unbranched alkanes of at least 4 members (excludes halogenated alkanes) is 1. The Morgan fingerprint density at radius 2 is 1.00 bits per heavy atom. The maximum atomic E-state index is 14.1. The number of aromatic amines is 1. The second-order valence-electron chi connectivity index (χ2n) is 21.0. The molecular weight excluding hydrogens is 1080 g/mol. The molecular formula is C50H88N16O16. The highest BCUT2D eigenvalue weighted by Gasteiger charge is 2.38. The second kappa shape index (κ2) is 36.7. The van der Waals surface area contributed by atoms with Gasteiger partial charge in [0.05, 0.1) is 37.6 Å². The van der Waals surface area contributed by atoms with E-state index in [0.717, 1.165) is 6.92 Å². The zero-order chi connectivity index (χ0) is 62.6. The zero-order valence-corrected chi connectivity index (χ0v) is 47.7. The lowest BCUT2D eigenvalue weighted by atomic mass is 10.00. The molecule has 12 atom stereocenters. The van der Waals surface area contributed by atoms with Crippen LogP contribution in [0.4, 0.5) is 0 Å². The lowest BCUT2D eigenvalue weighted by Crippen LogP contribution is -2.63. The standard InChI is InChI=1S/C50H88N16O16/c1-23(2)16-29(52)40(72)64-37(25(5)6)46(78)61-33(19-36(70)71)44(76)66-38(26(7)68)47(79)60-32(18-28-20-55-22-57-28)43(75)63-35(21-67)45(77)59-30(12-9-10-14-51)41(73)58-31(13-11-15-56-50(53)54)42(74)65-39(27(8)69)48(80)62-34(49(81)82)17-24(3)4/h20,22-27,29-35,37-39,67-69H,9-19,21,51-52H2,1-8H3,(H,55,57)(H,58,73)(H,59,77)(H,60,79)(H,61,78)(H,62,80)(H,63,75)(H,64,72)(H,65,74)(H,66,76)(H,70,71)(H,81,82)(H4,53,54,56)/t26-,27-,29+,30+,31+,32+,33+,34+,35+,37+,38+,39+/m1/s1. The number of aliphatic carboxylic acids is 2. The van der Waals surface area contributed by atoms with Crippen molar-refractivity contribution < 1.29 is 78.3 Å². The quantitative estimate of drug-likeness (QED) is 0.0166. The molecule has 0 saturated carbocycles. The number of carbonyl (C=O) groups is 11. The highest BCUT2D eigenvalue weighted by molar-refractivity contribution is 5.99. The van der Waals surface area contributed by atoms with E-state index in [1.54, 1.807) is 27.7 Å². The van der Waals surface area contributed by atoms with Crippen LogP contribution in [0.2, 0.25) is 0 Å². The van der Waals surface area contributed by atoms with Crippen LogP contribution in [0.25, 0.3) is 0 Å². The summed E-state index contributed by atoms with van der Waals surface area (Å²) in [5.41, 5.74) is 22.8. The lowest BCUT2D eigenvalue weighted by Gasteiger charge is -2.29. The third-order valence-corrected chi connectivity index (χ3v) is 12.4. The normalized spacial score (nSPS) is 15.7. The number of guanidine groups is 1. The van der Waals surface area contributed by atoms with Crippen molar-refractivity contribution in [3.05, 3.63) is 18.2 Å². The Morgan fingerprint density at radius 1 is 0.561 bits per heavy atom. The molecule has 1 heterocycles. The minimum Gasteiger partial charge on any atom is -0.481 e. The van der Waals surface area contributed by atoms with Gasteiger partial charge < -0.3 is 101 Å². The van der Waals surface area contributed by atoms with Crippen LogP contribution < -0.4 is 70.8 Å². The van der Waals surface area contributed by atoms with Crippen molar-refractivity contribution in [2.45, 2.75) is 186 Å². The van der Waals surface area contributed by atoms with Crippen molar-refractivity contribution in [1.82, 2.24) is 57.8 Å². The Kier molecular flexibility index (Phi) is 32.5. The van der Waals surface area contributed by atoms with E-state index in [-0.39, 0.29) is 75.1 Å². The van der Waals surface area contributed by atoms with Gasteiger partial charge in [-0.2, -0.15) is 0 Å². The van der Waals surface area contributed by atoms with Crippen molar-refractivity contribution >= 4 is 71.1 Å². The van der Waals surface area contributed by atoms with E-state index in [1.165, 1.54) is 19.4 Å². The fourth-order valence-corrected chi connectivity index (χ4v) is 7.96. The summed E-state index contributed by atoms with van der Waals surface area (Å²) in [6, 6.07) is -15.8. The van der Waals surface area contributed by atoms with Crippen LogP contribution in [0, 0.1) is 17.8 Å². The highest BCUT2D eigenvalue weighted by atomic mass is 16.4. The van der Waals surface area contributed by atoms with E-state index < -0.39 is 163 Å². The molecule has 0 spiro atoms. The molecule has 32 heteroatoms. The number of carboxylic acid groups (broad SMARTS) is 2. The SMILES string of the molecule is CC(C)C[C@H](NC(=O)[C@@H](NC(=O)[C@H](CCCN=C(N)N)NC(=O)[C@H](CCCCN)NC(=O)[C@H](CO)NC(=O)[C@H](Cc1cnc[nH]1)NC(=O)[C@@H](NC(=O)[C@H](CC(=O)O)NC(=O)[C@@H](NC(=O)[C@@H](N)CC(C)C)C(C)C)[C@@H](C)O)[C@@H](C)O)C(=O)O. The minimum atomic E-state index is -1.94. The number of H-pyrrole nitrogens is 1. The van der Waals surface area contributed by atoms with E-state index in [4.69, 9.17) is 22.9 Å². The van der Waals surface area contributed by atoms with Gasteiger partial charge in [0.1, 0.15) is 54.4 Å². The summed E-state index contributed by atoms with van der Waals surface area (Å²) in [4.78, 5) is 158. The number of hydrogen-bond acceptors (Lipinski definition) is 18. The van der Waals surface area contributed by atoms with Crippen LogP contribution in [0.5, 0.6) is 0 Å². The number of imidazole rings is 1. The Bertz CT molecular complexity index is 2300. The molecule has 0 aromatic carbocycles. The van der Waals surface area contributed by atoms with Gasteiger partial charge in [-0.1, -0.05) is 41.5 Å². The van der Waals surface area contributed by atoms with Gasteiger partial charge in [-0.25, -0.2) is 9.78 Å². The number of nitrogens with one attached hydrogen (secondary N) is 10. The van der Waals surface area contributed by atoms with Crippen LogP contribution in [0.1, 0.15) is 112 Å². The maximum Gasteiger partial charge on any atom is 0.326 e. The van der Waals surface area contributed by atoms with E-state index in [1.807, 2.05) is 13.8 Å². The number of rotatable bonds is 39. The molecule has 0 unspecified atom stereocenters. The zero-order valence-electron chi connectivity index (χ0n) is 47.7. The van der Waals surface area contributed by atoms with Crippen molar-refractivity contribution in [2.75, 3.05) is 19.7 Å². The number of carbonyl (C=O) groups excluding carboxylic acids is 9. The number of aromatic nitrogens is 2. The van der Waals surface area contributed by atoms with Crippen LogP contribution in [0.15, 0.2) is 17.5 Å². The molecule has 0 aliphatic carbocycles. The van der Waals surface area contributed by atoms with Gasteiger partial charge in [-0.05, 0) is 83.1 Å². The average molecular weight is 1170 g/mol. The van der Waals surface area contributed by atoms with E-state index in [9.17, 15) is 78.3 Å². The summed E-state index contributed by atoms with van der Waals surface area (Å²) in [7, 11) is 0. The largest absolute Gasteiger partial charge is 0.481 e. The molecule has 0 saturated heterocycles. The molecule has 32 nitrogen and oxygen atoms in total. The maximum absolute atomic E-state index is 14.1. The van der Waals surface area contributed by atoms with Gasteiger partial charge in [0, 0.05) is 24.9 Å². The van der Waals surface area contributed by atoms with Gasteiger partial charge in [0.15, 0.2) is 5.96 Å². The predicted molar refractivity (Wildman–Crippen MR) is 295 cm³/mol. The molecule has 0 bridgehead atoms. The topological polar surface area (TPSA) is 542 Å². The van der Waals surface area contributed by atoms with Crippen LogP contribution in [-0.2, 0) is 59.2 Å². The number of aliphatic imine (C=N–C) groups is 1. The highest BCUT2D eigenvalue weighted by Crippen LogP contribution is 2.12. The fourth-order valence-electron chi connectivity index (χ4n) is 7.96. The Balaban J connectivity index is 3.52. The molecule has 1 aromatic heterocycles. The van der Waals surface area contributed by atoms with Crippen LogP contribution >= 0.6 is 0 Å². The number of aliphatic hydroxyl groups is 3. The number of nitrogens with zero attached hydrogens (tertiary/aromatic N) is 2. The lowest BCUT2D eigenvalue weighted by molar-refractivity contribution is -0.143. The first kappa shape index (κ1) is 72.5. The molecule has 9 amide bonds. The Morgan fingerprint density at radius 3 is 1.45 bits per heavy atom. The molecule has 464 valence electrons. The number of nitrogens with two attached hydrogens (primary N) is 4. The molecule has 82 heavy (non-hydrogen) atoms. The van der Waals surface area contributed by atoms with Gasteiger partial charge in [0.2, 0.25) is 53.2 Å². The Labute approximate surface area is 475 Å². The van der Waals surface area contributed by atoms with Gasteiger partial charge >= 0.3 is 11.9 Å². The summed E-state index contributed by atoms with van der Waals surface area (Å²) >= 11 is 0. The van der Waals surface area contributed by atoms with Crippen molar-refractivity contribution in [1.29, 1.82) is 0 Å². The first-order valence-electron chi connectivity index (χ1n) is 27.0. The fraction of sp³-hybridized carbons (Fsp3) is 0.700. The first-order valence-corrected chi connectivity index (χ1v) is 27.0. The van der Waals surface area contributed by atoms with Crippen molar-refractivity contribution in [2.24, 2.45) is 45.7 Å². The van der Waals surface area contributed by atoms with Crippen LogP contribution in [-0.4, -0.2) is 199 Å². The molecule has 1 aromatic rings. The monoisotopic (exact) mass is 1170 g/mol. The van der Waals surface area contributed by atoms with E-state index in [2.05, 4.69) is 62.8 Å². The predicted octanol–water partition coefficient (Wildman–Crippen LogP) is -6.11. The van der Waals surface area contributed by atoms with Crippen molar-refractivity contribution in [3.63, 3.8) is 0 Å². The summed E-state index contributed by atoms with van der Waals surface area (Å²) in [6.07, 6.45) is -1.65. The molecule has 0 aliphatic heterocycles. The smallest absolute Gasteiger partial charge is 0.326 e. The molecule has 0 radical (unpaired) electrons. The van der Waals surface area contributed by atoms with Crippen LogP contribution in [0.3, 0.4) is 0 Å². The van der Waals surface area contributed by atoms with E-state index in [0.29, 0.717) is 6.42 Å². The van der Waals surface area contributed by atoms with Gasteiger partial charge in [-0.3, -0.25) is 52.9 Å². The Hall–Kier alpha value is -7.55. The van der Waals surface area contributed by atoms with E-state index >= 15 is 0 Å². The van der Waals surface area contributed by atoms with Gasteiger partial charge in [-0.15, -0.1) is 0 Å².